The van der Waals surface area contributed by atoms with E-state index in [1.807, 2.05) is 54.6 Å². The summed E-state index contributed by atoms with van der Waals surface area (Å²) in [6.07, 6.45) is 3.05. The minimum absolute atomic E-state index is 0.134. The number of piperidine rings is 1. The lowest BCUT2D eigenvalue weighted by Crippen LogP contribution is -2.38. The second-order valence-corrected chi connectivity index (χ2v) is 9.88. The van der Waals surface area contributed by atoms with Crippen molar-refractivity contribution in [2.24, 2.45) is 5.92 Å². The number of β-amino-alcohol motifs (C(OH)–C–C–N with tert-alkyl or cyclic N) is 1. The van der Waals surface area contributed by atoms with Gasteiger partial charge in [0.05, 0.1) is 6.10 Å². The Bertz CT molecular complexity index is 1350. The van der Waals surface area contributed by atoms with Crippen LogP contribution in [0.4, 0.5) is 0 Å². The molecule has 2 aromatic heterocycles. The van der Waals surface area contributed by atoms with Crippen LogP contribution >= 0.6 is 0 Å². The van der Waals surface area contributed by atoms with Crippen molar-refractivity contribution in [3.63, 3.8) is 0 Å². The van der Waals surface area contributed by atoms with Crippen LogP contribution in [-0.4, -0.2) is 56.0 Å². The lowest BCUT2D eigenvalue weighted by molar-refractivity contribution is -0.138. The van der Waals surface area contributed by atoms with Gasteiger partial charge in [0.2, 0.25) is 5.82 Å². The Morgan fingerprint density at radius 3 is 2.61 bits per heavy atom. The summed E-state index contributed by atoms with van der Waals surface area (Å²) in [7, 11) is 0. The monoisotopic (exact) mass is 516 g/mol. The summed E-state index contributed by atoms with van der Waals surface area (Å²) in [5.74, 6) is 0.817. The molecule has 0 bridgehead atoms. The molecular weight excluding hydrogens is 484 g/mol. The average Bonchev–Trinajstić information content (AvgIpc) is 3.57. The smallest absolute Gasteiger partial charge is 0.303 e. The predicted octanol–water partition coefficient (Wildman–Crippen LogP) is 5.23. The van der Waals surface area contributed by atoms with Gasteiger partial charge in [0.25, 0.3) is 5.89 Å². The molecule has 9 nitrogen and oxygen atoms in total. The zero-order valence-electron chi connectivity index (χ0n) is 21.4. The summed E-state index contributed by atoms with van der Waals surface area (Å²) >= 11 is 0. The molecule has 1 fully saturated rings. The highest BCUT2D eigenvalue weighted by Gasteiger charge is 2.25. The molecular formula is C29H32N4O5. The molecule has 1 saturated heterocycles. The van der Waals surface area contributed by atoms with E-state index in [4.69, 9.17) is 14.2 Å². The van der Waals surface area contributed by atoms with Gasteiger partial charge in [0.1, 0.15) is 0 Å². The number of carboxylic acids is 1. The normalized spacial score (nSPS) is 16.9. The number of aliphatic carboxylic acids is 1. The van der Waals surface area contributed by atoms with E-state index in [0.29, 0.717) is 36.3 Å². The predicted molar refractivity (Wildman–Crippen MR) is 141 cm³/mol. The Balaban J connectivity index is 1.28. The molecule has 9 heteroatoms. The van der Waals surface area contributed by atoms with Crippen LogP contribution in [0.3, 0.4) is 0 Å². The standard InChI is InChI=1S/C29H32N4O5/c1-2-7-23-26(31-37-27(23)21-9-4-3-5-10-21)29-30-28(32-38-29)22-13-11-20(12-14-22)24(34)18-33-15-6-8-19(17-33)16-25(35)36/h3-5,9-14,19,24,34H,2,6-8,15-18H2,1H3,(H,35,36)/t19-,24?/m0/s1. The molecule has 38 heavy (non-hydrogen) atoms. The van der Waals surface area contributed by atoms with E-state index in [0.717, 1.165) is 54.5 Å². The summed E-state index contributed by atoms with van der Waals surface area (Å²) in [6, 6.07) is 17.3. The van der Waals surface area contributed by atoms with Crippen molar-refractivity contribution >= 4 is 5.97 Å². The van der Waals surface area contributed by atoms with Crippen LogP contribution in [0, 0.1) is 5.92 Å². The highest BCUT2D eigenvalue weighted by Crippen LogP contribution is 2.33. The average molecular weight is 517 g/mol. The lowest BCUT2D eigenvalue weighted by Gasteiger charge is -2.33. The quantitative estimate of drug-likeness (QED) is 0.291. The van der Waals surface area contributed by atoms with E-state index >= 15 is 0 Å². The summed E-state index contributed by atoms with van der Waals surface area (Å²) < 4.78 is 11.3. The molecule has 0 amide bonds. The fourth-order valence-corrected chi connectivity index (χ4v) is 5.15. The molecule has 3 heterocycles. The van der Waals surface area contributed by atoms with Gasteiger partial charge in [-0.25, -0.2) is 0 Å². The molecule has 2 atom stereocenters. The first-order chi connectivity index (χ1) is 18.5. The molecule has 5 rings (SSSR count). The number of aromatic nitrogens is 3. The summed E-state index contributed by atoms with van der Waals surface area (Å²) in [5, 5.41) is 28.3. The van der Waals surface area contributed by atoms with Gasteiger partial charge < -0.3 is 24.2 Å². The summed E-state index contributed by atoms with van der Waals surface area (Å²) in [5.41, 5.74) is 3.99. The molecule has 1 unspecified atom stereocenters. The van der Waals surface area contributed by atoms with Crippen molar-refractivity contribution in [3.05, 3.63) is 65.7 Å². The maximum atomic E-state index is 11.1. The lowest BCUT2D eigenvalue weighted by atomic mass is 9.94. The van der Waals surface area contributed by atoms with Gasteiger partial charge in [-0.1, -0.05) is 78.3 Å². The molecule has 0 radical (unpaired) electrons. The van der Waals surface area contributed by atoms with E-state index in [9.17, 15) is 9.90 Å². The highest BCUT2D eigenvalue weighted by molar-refractivity contribution is 5.70. The third kappa shape index (κ3) is 5.84. The van der Waals surface area contributed by atoms with Gasteiger partial charge in [0, 0.05) is 36.2 Å². The Kier molecular flexibility index (Phi) is 7.95. The molecule has 4 aromatic rings. The number of carbonyl (C=O) groups is 1. The van der Waals surface area contributed by atoms with Crippen molar-refractivity contribution in [3.8, 4) is 34.3 Å². The van der Waals surface area contributed by atoms with Crippen molar-refractivity contribution in [1.82, 2.24) is 20.2 Å². The number of likely N-dealkylation sites (tertiary alicyclic amines) is 1. The Labute approximate surface area is 221 Å². The third-order valence-electron chi connectivity index (χ3n) is 7.00. The van der Waals surface area contributed by atoms with E-state index in [-0.39, 0.29) is 12.3 Å². The largest absolute Gasteiger partial charge is 0.481 e. The van der Waals surface area contributed by atoms with Crippen molar-refractivity contribution in [2.75, 3.05) is 19.6 Å². The molecule has 0 spiro atoms. The number of rotatable bonds is 10. The SMILES string of the molecule is CCCc1c(-c2nc(-c3ccc(C(O)CN4CCC[C@@H](CC(=O)O)C4)cc3)no2)noc1-c1ccccc1. The number of aliphatic hydroxyl groups excluding tert-OH is 1. The van der Waals surface area contributed by atoms with Gasteiger partial charge in [-0.05, 0) is 37.3 Å². The molecule has 198 valence electrons. The van der Waals surface area contributed by atoms with E-state index in [2.05, 4.69) is 27.1 Å². The molecule has 2 N–H and O–H groups in total. The minimum Gasteiger partial charge on any atom is -0.481 e. The van der Waals surface area contributed by atoms with Crippen LogP contribution in [0.2, 0.25) is 0 Å². The fraction of sp³-hybridized carbons (Fsp3) is 0.379. The van der Waals surface area contributed by atoms with Crippen LogP contribution in [0.25, 0.3) is 34.3 Å². The first-order valence-corrected chi connectivity index (χ1v) is 13.1. The zero-order valence-corrected chi connectivity index (χ0v) is 21.4. The van der Waals surface area contributed by atoms with Crippen LogP contribution < -0.4 is 0 Å². The van der Waals surface area contributed by atoms with E-state index in [1.54, 1.807) is 0 Å². The first-order valence-electron chi connectivity index (χ1n) is 13.1. The fourth-order valence-electron chi connectivity index (χ4n) is 5.15. The molecule has 0 aliphatic carbocycles. The maximum absolute atomic E-state index is 11.1. The Morgan fingerprint density at radius 1 is 1.08 bits per heavy atom. The minimum atomic E-state index is -0.764. The molecule has 1 aliphatic heterocycles. The van der Waals surface area contributed by atoms with E-state index in [1.165, 1.54) is 0 Å². The second-order valence-electron chi connectivity index (χ2n) is 9.88. The number of aliphatic hydroxyl groups is 1. The van der Waals surface area contributed by atoms with Crippen LogP contribution in [0.15, 0.2) is 63.6 Å². The van der Waals surface area contributed by atoms with Crippen LogP contribution in [-0.2, 0) is 11.2 Å². The Hall–Kier alpha value is -3.82. The number of nitrogens with zero attached hydrogens (tertiary/aromatic N) is 4. The molecule has 0 saturated carbocycles. The molecule has 1 aliphatic rings. The second kappa shape index (κ2) is 11.7. The van der Waals surface area contributed by atoms with E-state index < -0.39 is 12.1 Å². The van der Waals surface area contributed by atoms with Gasteiger partial charge >= 0.3 is 5.97 Å². The number of hydrogen-bond donors (Lipinski definition) is 2. The highest BCUT2D eigenvalue weighted by atomic mass is 16.5. The zero-order chi connectivity index (χ0) is 26.5. The number of hydrogen-bond acceptors (Lipinski definition) is 8. The third-order valence-corrected chi connectivity index (χ3v) is 7.00. The van der Waals surface area contributed by atoms with Gasteiger partial charge in [-0.15, -0.1) is 0 Å². The number of carboxylic acid groups (broad SMARTS) is 1. The van der Waals surface area contributed by atoms with Crippen LogP contribution in [0.5, 0.6) is 0 Å². The van der Waals surface area contributed by atoms with Crippen LogP contribution in [0.1, 0.15) is 49.8 Å². The summed E-state index contributed by atoms with van der Waals surface area (Å²) in [6.45, 7) is 4.13. The molecule has 2 aromatic carbocycles. The summed E-state index contributed by atoms with van der Waals surface area (Å²) in [4.78, 5) is 17.8. The maximum Gasteiger partial charge on any atom is 0.303 e. The first kappa shape index (κ1) is 25.8. The van der Waals surface area contributed by atoms with Gasteiger partial charge in [-0.3, -0.25) is 4.79 Å². The number of benzene rings is 2. The topological polar surface area (TPSA) is 126 Å². The van der Waals surface area contributed by atoms with Crippen molar-refractivity contribution in [2.45, 2.75) is 45.1 Å². The van der Waals surface area contributed by atoms with Gasteiger partial charge in [-0.2, -0.15) is 4.98 Å². The van der Waals surface area contributed by atoms with Crippen molar-refractivity contribution in [1.29, 1.82) is 0 Å². The Morgan fingerprint density at radius 2 is 1.87 bits per heavy atom. The van der Waals surface area contributed by atoms with Crippen molar-refractivity contribution < 1.29 is 24.1 Å². The van der Waals surface area contributed by atoms with Gasteiger partial charge in [0.15, 0.2) is 11.5 Å².